The van der Waals surface area contributed by atoms with Crippen LogP contribution < -0.4 is 21.9 Å². The maximum atomic E-state index is 14.8. The standard InChI is InChI=1S/C30H28FN7O3/c1-37(29(40)21-6-4-14-33-25(21)32)20-12-10-18(11-13-20)22(15-19-5-2-3-7-23(19)31)26-34-24-27(35-26)38(16-17-8-9-17)30(41)36-28(24)39/h2-7,10-14,17,22H,8-9,15-16H2,1H3,(H2,32,33)(H,34,35)(H,36,39,41). The molecule has 6 rings (SSSR count). The summed E-state index contributed by atoms with van der Waals surface area (Å²) in [7, 11) is 1.64. The molecular weight excluding hydrogens is 525 g/mol. The third-order valence-electron chi connectivity index (χ3n) is 7.56. The number of aromatic nitrogens is 5. The molecule has 1 fully saturated rings. The van der Waals surface area contributed by atoms with E-state index < -0.39 is 17.2 Å². The van der Waals surface area contributed by atoms with Crippen LogP contribution in [0.3, 0.4) is 0 Å². The van der Waals surface area contributed by atoms with Gasteiger partial charge in [-0.3, -0.25) is 19.1 Å². The van der Waals surface area contributed by atoms with Gasteiger partial charge in [-0.2, -0.15) is 0 Å². The number of benzene rings is 2. The van der Waals surface area contributed by atoms with E-state index in [0.717, 1.165) is 18.4 Å². The fourth-order valence-corrected chi connectivity index (χ4v) is 5.03. The second kappa shape index (κ2) is 10.5. The lowest BCUT2D eigenvalue weighted by molar-refractivity contribution is 0.0993. The van der Waals surface area contributed by atoms with E-state index in [1.165, 1.54) is 21.7 Å². The molecule has 0 aliphatic heterocycles. The molecule has 11 heteroatoms. The van der Waals surface area contributed by atoms with Crippen LogP contribution in [0.4, 0.5) is 15.9 Å². The van der Waals surface area contributed by atoms with Gasteiger partial charge in [0.1, 0.15) is 23.0 Å². The number of nitrogens with two attached hydrogens (primary N) is 1. The molecule has 5 aromatic rings. The lowest BCUT2D eigenvalue weighted by atomic mass is 9.91. The van der Waals surface area contributed by atoms with Crippen molar-refractivity contribution in [2.45, 2.75) is 31.7 Å². The summed E-state index contributed by atoms with van der Waals surface area (Å²) in [6.45, 7) is 0.477. The number of rotatable bonds is 8. The Morgan fingerprint density at radius 2 is 1.85 bits per heavy atom. The van der Waals surface area contributed by atoms with Crippen LogP contribution in [-0.2, 0) is 13.0 Å². The number of nitrogens with one attached hydrogen (secondary N) is 2. The van der Waals surface area contributed by atoms with E-state index in [1.807, 2.05) is 12.1 Å². The summed E-state index contributed by atoms with van der Waals surface area (Å²) in [5.41, 5.74) is 7.51. The topological polar surface area (TPSA) is 143 Å². The minimum Gasteiger partial charge on any atom is -0.383 e. The van der Waals surface area contributed by atoms with Gasteiger partial charge in [0.15, 0.2) is 5.65 Å². The van der Waals surface area contributed by atoms with Gasteiger partial charge in [-0.15, -0.1) is 0 Å². The summed E-state index contributed by atoms with van der Waals surface area (Å²) in [5, 5.41) is 0. The number of anilines is 2. The molecule has 0 spiro atoms. The molecule has 0 bridgehead atoms. The van der Waals surface area contributed by atoms with Crippen LogP contribution in [0.15, 0.2) is 76.4 Å². The van der Waals surface area contributed by atoms with E-state index in [9.17, 15) is 18.8 Å². The first-order valence-electron chi connectivity index (χ1n) is 13.3. The van der Waals surface area contributed by atoms with Crippen LogP contribution in [0.2, 0.25) is 0 Å². The highest BCUT2D eigenvalue weighted by atomic mass is 19.1. The Morgan fingerprint density at radius 1 is 1.10 bits per heavy atom. The predicted molar refractivity (Wildman–Crippen MR) is 153 cm³/mol. The third kappa shape index (κ3) is 5.13. The summed E-state index contributed by atoms with van der Waals surface area (Å²) >= 11 is 0. The highest BCUT2D eigenvalue weighted by molar-refractivity contribution is 6.08. The Kier molecular flexibility index (Phi) is 6.70. The van der Waals surface area contributed by atoms with E-state index in [1.54, 1.807) is 49.5 Å². The molecule has 1 unspecified atom stereocenters. The van der Waals surface area contributed by atoms with Crippen molar-refractivity contribution >= 4 is 28.6 Å². The summed E-state index contributed by atoms with van der Waals surface area (Å²) < 4.78 is 16.3. The van der Waals surface area contributed by atoms with Gasteiger partial charge in [-0.1, -0.05) is 30.3 Å². The SMILES string of the molecule is CN(C(=O)c1cccnc1N)c1ccc(C(Cc2ccccc2F)c2nc3c([nH]2)c(=O)[nH]c(=O)n3CC2CC2)cc1. The number of hydrogen-bond donors (Lipinski definition) is 3. The number of hydrogen-bond acceptors (Lipinski definition) is 6. The molecular formula is C30H28FN7O3. The molecule has 3 heterocycles. The molecule has 0 radical (unpaired) electrons. The second-order valence-electron chi connectivity index (χ2n) is 10.4. The number of imidazole rings is 1. The van der Waals surface area contributed by atoms with Crippen molar-refractivity contribution in [2.75, 3.05) is 17.7 Å². The van der Waals surface area contributed by atoms with Crippen molar-refractivity contribution in [3.8, 4) is 0 Å². The number of amides is 1. The number of carbonyl (C=O) groups excluding carboxylic acids is 1. The lowest BCUT2D eigenvalue weighted by Gasteiger charge is -2.20. The third-order valence-corrected chi connectivity index (χ3v) is 7.56. The van der Waals surface area contributed by atoms with Crippen LogP contribution in [0.5, 0.6) is 0 Å². The van der Waals surface area contributed by atoms with E-state index in [4.69, 9.17) is 10.7 Å². The van der Waals surface area contributed by atoms with Gasteiger partial charge in [-0.05, 0) is 66.6 Å². The average Bonchev–Trinajstić information content (AvgIpc) is 3.69. The molecule has 1 saturated carbocycles. The maximum Gasteiger partial charge on any atom is 0.330 e. The van der Waals surface area contributed by atoms with E-state index in [-0.39, 0.29) is 35.1 Å². The minimum absolute atomic E-state index is 0.144. The van der Waals surface area contributed by atoms with Crippen LogP contribution >= 0.6 is 0 Å². The maximum absolute atomic E-state index is 14.8. The molecule has 10 nitrogen and oxygen atoms in total. The number of nitrogen functional groups attached to an aromatic ring is 1. The smallest absolute Gasteiger partial charge is 0.330 e. The number of carbonyl (C=O) groups is 1. The largest absolute Gasteiger partial charge is 0.383 e. The molecule has 208 valence electrons. The number of nitrogens with zero attached hydrogens (tertiary/aromatic N) is 4. The summed E-state index contributed by atoms with van der Waals surface area (Å²) in [6, 6.07) is 17.0. The highest BCUT2D eigenvalue weighted by Crippen LogP contribution is 2.32. The first-order chi connectivity index (χ1) is 19.8. The number of halogens is 1. The van der Waals surface area contributed by atoms with Crippen molar-refractivity contribution in [1.29, 1.82) is 0 Å². The molecule has 0 saturated heterocycles. The van der Waals surface area contributed by atoms with Crippen molar-refractivity contribution < 1.29 is 9.18 Å². The first kappa shape index (κ1) is 26.2. The van der Waals surface area contributed by atoms with Gasteiger partial charge in [0.05, 0.1) is 5.56 Å². The fraction of sp³-hybridized carbons (Fsp3) is 0.233. The normalized spacial score (nSPS) is 13.8. The molecule has 4 N–H and O–H groups in total. The Bertz CT molecular complexity index is 1870. The minimum atomic E-state index is -0.550. The summed E-state index contributed by atoms with van der Waals surface area (Å²) in [5.74, 6) is -0.183. The molecule has 1 amide bonds. The summed E-state index contributed by atoms with van der Waals surface area (Å²) in [6.07, 6.45) is 3.82. The zero-order valence-electron chi connectivity index (χ0n) is 22.3. The number of H-pyrrole nitrogens is 2. The van der Waals surface area contributed by atoms with Gasteiger partial charge in [0.2, 0.25) is 0 Å². The van der Waals surface area contributed by atoms with Gasteiger partial charge in [-0.25, -0.2) is 19.2 Å². The van der Waals surface area contributed by atoms with E-state index >= 15 is 0 Å². The Balaban J connectivity index is 1.39. The first-order valence-corrected chi connectivity index (χ1v) is 13.3. The zero-order chi connectivity index (χ0) is 28.7. The predicted octanol–water partition coefficient (Wildman–Crippen LogP) is 3.59. The molecule has 1 aliphatic carbocycles. The molecule has 1 atom stereocenters. The number of aromatic amines is 2. The Labute approximate surface area is 233 Å². The second-order valence-corrected chi connectivity index (χ2v) is 10.4. The van der Waals surface area contributed by atoms with Crippen LogP contribution in [-0.4, -0.2) is 37.5 Å². The van der Waals surface area contributed by atoms with E-state index in [2.05, 4.69) is 15.0 Å². The van der Waals surface area contributed by atoms with Crippen molar-refractivity contribution in [3.05, 3.63) is 116 Å². The monoisotopic (exact) mass is 553 g/mol. The number of pyridine rings is 1. The van der Waals surface area contributed by atoms with Gasteiger partial charge < -0.3 is 15.6 Å². The van der Waals surface area contributed by atoms with Gasteiger partial charge in [0, 0.05) is 31.4 Å². The van der Waals surface area contributed by atoms with Crippen LogP contribution in [0.1, 0.15) is 46.1 Å². The summed E-state index contributed by atoms with van der Waals surface area (Å²) in [4.78, 5) is 54.1. The molecule has 3 aromatic heterocycles. The van der Waals surface area contributed by atoms with Crippen molar-refractivity contribution in [3.63, 3.8) is 0 Å². The zero-order valence-corrected chi connectivity index (χ0v) is 22.3. The molecule has 41 heavy (non-hydrogen) atoms. The average molecular weight is 554 g/mol. The quantitative estimate of drug-likeness (QED) is 0.268. The Hall–Kier alpha value is -5.06. The Morgan fingerprint density at radius 3 is 2.56 bits per heavy atom. The number of fused-ring (bicyclic) bond motifs is 1. The van der Waals surface area contributed by atoms with Crippen molar-refractivity contribution in [1.82, 2.24) is 24.5 Å². The van der Waals surface area contributed by atoms with Crippen molar-refractivity contribution in [2.24, 2.45) is 5.92 Å². The van der Waals surface area contributed by atoms with Crippen LogP contribution in [0.25, 0.3) is 11.2 Å². The molecule has 2 aromatic carbocycles. The van der Waals surface area contributed by atoms with Gasteiger partial charge in [0.25, 0.3) is 11.5 Å². The van der Waals surface area contributed by atoms with Crippen LogP contribution in [0, 0.1) is 11.7 Å². The van der Waals surface area contributed by atoms with E-state index in [0.29, 0.717) is 35.1 Å². The fourth-order valence-electron chi connectivity index (χ4n) is 5.03. The molecule has 1 aliphatic rings. The highest BCUT2D eigenvalue weighted by Gasteiger charge is 2.27. The van der Waals surface area contributed by atoms with Gasteiger partial charge >= 0.3 is 5.69 Å². The lowest BCUT2D eigenvalue weighted by Crippen LogP contribution is -2.30.